The lowest BCUT2D eigenvalue weighted by Crippen LogP contribution is -2.41. The van der Waals surface area contributed by atoms with Crippen molar-refractivity contribution in [3.63, 3.8) is 0 Å². The molecule has 2 N–H and O–H groups in total. The third-order valence-electron chi connectivity index (χ3n) is 5.24. The van der Waals surface area contributed by atoms with Gasteiger partial charge in [-0.15, -0.1) is 0 Å². The van der Waals surface area contributed by atoms with Crippen LogP contribution in [-0.2, 0) is 4.79 Å². The van der Waals surface area contributed by atoms with E-state index in [0.717, 1.165) is 12.1 Å². The van der Waals surface area contributed by atoms with Crippen LogP contribution in [-0.4, -0.2) is 54.2 Å². The first-order chi connectivity index (χ1) is 16.7. The number of rotatable bonds is 13. The number of nitriles is 1. The molecule has 1 aromatic heterocycles. The third-order valence-corrected chi connectivity index (χ3v) is 5.24. The summed E-state index contributed by atoms with van der Waals surface area (Å²) in [6.07, 6.45) is 5.59. The van der Waals surface area contributed by atoms with Gasteiger partial charge in [0.1, 0.15) is 23.8 Å². The zero-order valence-electron chi connectivity index (χ0n) is 20.1. The maximum Gasteiger partial charge on any atom is 0.263 e. The van der Waals surface area contributed by atoms with Crippen molar-refractivity contribution in [3.8, 4) is 6.07 Å². The second kappa shape index (κ2) is 13.8. The van der Waals surface area contributed by atoms with Gasteiger partial charge in [0.25, 0.3) is 11.8 Å². The van der Waals surface area contributed by atoms with Crippen molar-refractivity contribution in [2.75, 3.05) is 20.6 Å². The molecular formula is C25H30FN5O4. The van der Waals surface area contributed by atoms with Gasteiger partial charge in [-0.1, -0.05) is 12.8 Å². The van der Waals surface area contributed by atoms with Crippen molar-refractivity contribution < 1.29 is 23.2 Å². The molecule has 186 valence electrons. The molecule has 2 amide bonds. The Bertz CT molecular complexity index is 1070. The molecule has 1 atom stereocenters. The van der Waals surface area contributed by atoms with Crippen LogP contribution in [0.1, 0.15) is 60.1 Å². The van der Waals surface area contributed by atoms with Crippen molar-refractivity contribution in [1.29, 1.82) is 5.26 Å². The Labute approximate surface area is 204 Å². The number of nitrogens with one attached hydrogen (secondary N) is 2. The second-order valence-electron chi connectivity index (χ2n) is 8.35. The van der Waals surface area contributed by atoms with Crippen LogP contribution in [0, 0.1) is 17.1 Å². The van der Waals surface area contributed by atoms with Gasteiger partial charge < -0.3 is 20.0 Å². The topological polar surface area (TPSA) is 128 Å². The molecule has 0 saturated carbocycles. The molecule has 0 aliphatic rings. The maximum absolute atomic E-state index is 13.2. The molecule has 1 aromatic carbocycles. The minimum Gasteiger partial charge on any atom is -0.442 e. The van der Waals surface area contributed by atoms with Gasteiger partial charge in [0, 0.05) is 12.0 Å². The Balaban J connectivity index is 2.04. The van der Waals surface area contributed by atoms with Crippen LogP contribution in [0.4, 0.5) is 4.39 Å². The number of carbonyl (C=O) groups excluding carboxylic acids is 3. The van der Waals surface area contributed by atoms with E-state index in [2.05, 4.69) is 15.6 Å². The van der Waals surface area contributed by atoms with Gasteiger partial charge in [-0.2, -0.15) is 5.26 Å². The Hall–Kier alpha value is -3.84. The Kier molecular flexibility index (Phi) is 10.8. The van der Waals surface area contributed by atoms with Crippen molar-refractivity contribution in [1.82, 2.24) is 20.5 Å². The van der Waals surface area contributed by atoms with Gasteiger partial charge in [-0.25, -0.2) is 9.37 Å². The SMILES string of the molecule is C/C(=C(/C#N)NC(=O)c1ccc(F)cc1)C(CCCCCC(=O)c1ncco1)NC(=O)CN(C)C. The highest BCUT2D eigenvalue weighted by atomic mass is 19.1. The molecule has 0 saturated heterocycles. The number of halogens is 1. The van der Waals surface area contributed by atoms with Crippen LogP contribution in [0.25, 0.3) is 0 Å². The number of oxazole rings is 1. The minimum absolute atomic E-state index is 0.0218. The first-order valence-electron chi connectivity index (χ1n) is 11.3. The lowest BCUT2D eigenvalue weighted by atomic mass is 9.98. The van der Waals surface area contributed by atoms with E-state index in [-0.39, 0.29) is 35.4 Å². The van der Waals surface area contributed by atoms with Crippen LogP contribution in [0.2, 0.25) is 0 Å². The molecule has 1 heterocycles. The van der Waals surface area contributed by atoms with Crippen LogP contribution in [0.3, 0.4) is 0 Å². The quantitative estimate of drug-likeness (QED) is 0.254. The van der Waals surface area contributed by atoms with Crippen LogP contribution < -0.4 is 10.6 Å². The van der Waals surface area contributed by atoms with Gasteiger partial charge in [-0.3, -0.25) is 14.4 Å². The maximum atomic E-state index is 13.2. The van der Waals surface area contributed by atoms with Gasteiger partial charge in [0.2, 0.25) is 11.7 Å². The lowest BCUT2D eigenvalue weighted by Gasteiger charge is -2.22. The zero-order chi connectivity index (χ0) is 25.8. The van der Waals surface area contributed by atoms with E-state index in [1.54, 1.807) is 25.9 Å². The average Bonchev–Trinajstić information content (AvgIpc) is 3.36. The van der Waals surface area contributed by atoms with Crippen molar-refractivity contribution >= 4 is 17.6 Å². The summed E-state index contributed by atoms with van der Waals surface area (Å²) in [5.74, 6) is -1.32. The third kappa shape index (κ3) is 9.14. The summed E-state index contributed by atoms with van der Waals surface area (Å²) >= 11 is 0. The monoisotopic (exact) mass is 483 g/mol. The van der Waals surface area contributed by atoms with Crippen molar-refractivity contribution in [3.05, 3.63) is 65.3 Å². The Morgan fingerprint density at radius 3 is 2.49 bits per heavy atom. The van der Waals surface area contributed by atoms with Gasteiger partial charge >= 0.3 is 0 Å². The first kappa shape index (κ1) is 27.4. The second-order valence-corrected chi connectivity index (χ2v) is 8.35. The smallest absolute Gasteiger partial charge is 0.263 e. The van der Waals surface area contributed by atoms with Gasteiger partial charge in [-0.05, 0) is 63.7 Å². The standard InChI is InChI=1S/C25H30FN5O4/c1-17(21(15-27)30-24(34)18-9-11-19(26)12-10-18)20(29-23(33)16-31(2)3)7-5-4-6-8-22(32)25-28-13-14-35-25/h9-14,20H,4-8,16H2,1-3H3,(H,29,33)(H,30,34)/b21-17+. The van der Waals surface area contributed by atoms with E-state index in [4.69, 9.17) is 4.42 Å². The number of carbonyl (C=O) groups is 3. The summed E-state index contributed by atoms with van der Waals surface area (Å²) in [5.41, 5.74) is 0.732. The fourth-order valence-electron chi connectivity index (χ4n) is 3.38. The number of benzene rings is 1. The molecule has 2 aromatic rings. The highest BCUT2D eigenvalue weighted by Crippen LogP contribution is 2.16. The summed E-state index contributed by atoms with van der Waals surface area (Å²) in [4.78, 5) is 42.5. The summed E-state index contributed by atoms with van der Waals surface area (Å²) in [5, 5.41) is 15.2. The van der Waals surface area contributed by atoms with Crippen LogP contribution in [0.5, 0.6) is 0 Å². The molecule has 10 heteroatoms. The molecule has 0 radical (unpaired) electrons. The number of allylic oxidation sites excluding steroid dienone is 1. The lowest BCUT2D eigenvalue weighted by molar-refractivity contribution is -0.122. The number of unbranched alkanes of at least 4 members (excludes halogenated alkanes) is 2. The predicted molar refractivity (Wildman–Crippen MR) is 127 cm³/mol. The molecule has 35 heavy (non-hydrogen) atoms. The fraction of sp³-hybridized carbons (Fsp3) is 0.400. The molecule has 0 aliphatic carbocycles. The van der Waals surface area contributed by atoms with Crippen LogP contribution in [0.15, 0.2) is 52.4 Å². The summed E-state index contributed by atoms with van der Waals surface area (Å²) in [6, 6.07) is 6.47. The molecule has 2 rings (SSSR count). The van der Waals surface area contributed by atoms with E-state index in [9.17, 15) is 24.0 Å². The van der Waals surface area contributed by atoms with E-state index in [1.165, 1.54) is 24.6 Å². The van der Waals surface area contributed by atoms with E-state index in [1.807, 2.05) is 6.07 Å². The van der Waals surface area contributed by atoms with Crippen molar-refractivity contribution in [2.24, 2.45) is 0 Å². The van der Waals surface area contributed by atoms with Gasteiger partial charge in [0.15, 0.2) is 0 Å². The fourth-order valence-corrected chi connectivity index (χ4v) is 3.38. The number of amides is 2. The minimum atomic E-state index is -0.552. The highest BCUT2D eigenvalue weighted by molar-refractivity contribution is 5.95. The normalized spacial score (nSPS) is 12.5. The van der Waals surface area contributed by atoms with E-state index >= 15 is 0 Å². The average molecular weight is 484 g/mol. The molecule has 0 spiro atoms. The molecule has 0 bridgehead atoms. The highest BCUT2D eigenvalue weighted by Gasteiger charge is 2.20. The number of likely N-dealkylation sites (N-methyl/N-ethyl adjacent to an activating group) is 1. The summed E-state index contributed by atoms with van der Waals surface area (Å²) < 4.78 is 18.2. The Morgan fingerprint density at radius 2 is 1.89 bits per heavy atom. The predicted octanol–water partition coefficient (Wildman–Crippen LogP) is 3.22. The summed E-state index contributed by atoms with van der Waals surface area (Å²) in [6.45, 7) is 1.84. The van der Waals surface area contributed by atoms with Crippen LogP contribution >= 0.6 is 0 Å². The van der Waals surface area contributed by atoms with Crippen molar-refractivity contribution in [2.45, 2.75) is 45.1 Å². The van der Waals surface area contributed by atoms with Gasteiger partial charge in [0.05, 0.1) is 18.8 Å². The molecular weight excluding hydrogens is 453 g/mol. The Morgan fingerprint density at radius 1 is 1.17 bits per heavy atom. The molecule has 1 unspecified atom stereocenters. The first-order valence-corrected chi connectivity index (χ1v) is 11.3. The molecule has 9 nitrogen and oxygen atoms in total. The van der Waals surface area contributed by atoms with E-state index in [0.29, 0.717) is 37.7 Å². The zero-order valence-corrected chi connectivity index (χ0v) is 20.1. The number of hydrogen-bond donors (Lipinski definition) is 2. The number of nitrogens with zero attached hydrogens (tertiary/aromatic N) is 3. The number of aromatic nitrogens is 1. The number of Topliss-reactive ketones (excluding diaryl/α,β-unsaturated/α-hetero) is 1. The molecule has 0 aliphatic heterocycles. The van der Waals surface area contributed by atoms with E-state index < -0.39 is 17.8 Å². The molecule has 0 fully saturated rings. The number of ketones is 1. The largest absolute Gasteiger partial charge is 0.442 e. The summed E-state index contributed by atoms with van der Waals surface area (Å²) in [7, 11) is 3.54. The number of hydrogen-bond acceptors (Lipinski definition) is 7.